The number of rotatable bonds is 4. The number of hydrogen-bond acceptors (Lipinski definition) is 1. The van der Waals surface area contributed by atoms with Crippen LogP contribution in [0.5, 0.6) is 0 Å². The van der Waals surface area contributed by atoms with Crippen LogP contribution in [0.1, 0.15) is 5.56 Å². The van der Waals surface area contributed by atoms with Crippen LogP contribution in [0.4, 0.5) is 11.4 Å². The van der Waals surface area contributed by atoms with Gasteiger partial charge in [0.2, 0.25) is 5.69 Å². The molecule has 0 atom stereocenters. The molecule has 5 nitrogen and oxygen atoms in total. The van der Waals surface area contributed by atoms with Crippen molar-refractivity contribution in [1.29, 1.82) is 5.26 Å². The first-order valence-electron chi connectivity index (χ1n) is 16.2. The molecule has 0 N–H and O–H groups in total. The fourth-order valence-corrected chi connectivity index (χ4v) is 7.51. The van der Waals surface area contributed by atoms with Gasteiger partial charge < -0.3 is 9.13 Å². The van der Waals surface area contributed by atoms with Crippen LogP contribution in [0.3, 0.4) is 0 Å². The Kier molecular flexibility index (Phi) is 6.56. The quantitative estimate of drug-likeness (QED) is 0.177. The Morgan fingerprint density at radius 3 is 1.88 bits per heavy atom. The van der Waals surface area contributed by atoms with Gasteiger partial charge in [0, 0.05) is 21.8 Å². The Bertz CT molecular complexity index is 2920. The summed E-state index contributed by atoms with van der Waals surface area (Å²) in [6, 6.07) is 53.1. The van der Waals surface area contributed by atoms with Crippen molar-refractivity contribution in [3.05, 3.63) is 180 Å². The predicted octanol–water partition coefficient (Wildman–Crippen LogP) is 12.2. The van der Waals surface area contributed by atoms with E-state index in [2.05, 4.69) is 110 Å². The SMILES string of the molecule is [C-]#[N+]c1cccc(-c2cccc(-n3c4ccc(C#N)cc4c4cccc([N+]#[C-])c43)c2)c1-c1ccccc1-n1c2ccccc2c2ccccc21. The maximum atomic E-state index is 9.68. The van der Waals surface area contributed by atoms with Crippen LogP contribution in [0.2, 0.25) is 0 Å². The summed E-state index contributed by atoms with van der Waals surface area (Å²) >= 11 is 0. The average Bonchev–Trinajstić information content (AvgIpc) is 3.70. The highest BCUT2D eigenvalue weighted by Gasteiger charge is 2.21. The molecule has 0 bridgehead atoms. The van der Waals surface area contributed by atoms with Crippen molar-refractivity contribution in [2.45, 2.75) is 0 Å². The van der Waals surface area contributed by atoms with Crippen LogP contribution in [0.15, 0.2) is 152 Å². The van der Waals surface area contributed by atoms with E-state index >= 15 is 0 Å². The van der Waals surface area contributed by atoms with Crippen LogP contribution < -0.4 is 0 Å². The van der Waals surface area contributed by atoms with E-state index in [1.165, 1.54) is 10.8 Å². The van der Waals surface area contributed by atoms with Gasteiger partial charge in [-0.3, -0.25) is 0 Å². The zero-order valence-electron chi connectivity index (χ0n) is 26.7. The normalized spacial score (nSPS) is 11.1. The zero-order valence-corrected chi connectivity index (χ0v) is 26.7. The lowest BCUT2D eigenvalue weighted by Crippen LogP contribution is -1.99. The second-order valence-corrected chi connectivity index (χ2v) is 12.2. The van der Waals surface area contributed by atoms with Crippen molar-refractivity contribution < 1.29 is 0 Å². The monoisotopic (exact) mass is 635 g/mol. The van der Waals surface area contributed by atoms with E-state index in [4.69, 9.17) is 13.1 Å². The first-order chi connectivity index (χ1) is 24.7. The van der Waals surface area contributed by atoms with Gasteiger partial charge >= 0.3 is 0 Å². The van der Waals surface area contributed by atoms with E-state index in [9.17, 15) is 5.26 Å². The van der Waals surface area contributed by atoms with Gasteiger partial charge in [-0.15, -0.1) is 0 Å². The van der Waals surface area contributed by atoms with E-state index in [-0.39, 0.29) is 0 Å². The van der Waals surface area contributed by atoms with Gasteiger partial charge in [0.25, 0.3) is 0 Å². The third-order valence-corrected chi connectivity index (χ3v) is 9.59. The lowest BCUT2D eigenvalue weighted by atomic mass is 9.91. The topological polar surface area (TPSA) is 42.4 Å². The predicted molar refractivity (Wildman–Crippen MR) is 203 cm³/mol. The van der Waals surface area contributed by atoms with Crippen LogP contribution in [-0.4, -0.2) is 9.13 Å². The molecule has 5 heteroatoms. The summed E-state index contributed by atoms with van der Waals surface area (Å²) in [4.78, 5) is 7.93. The molecule has 0 spiro atoms. The Labute approximate surface area is 288 Å². The van der Waals surface area contributed by atoms with E-state index in [1.54, 1.807) is 0 Å². The van der Waals surface area contributed by atoms with Crippen molar-refractivity contribution in [3.8, 4) is 39.7 Å². The van der Waals surface area contributed by atoms with Gasteiger partial charge in [-0.2, -0.15) is 5.26 Å². The molecule has 9 rings (SSSR count). The van der Waals surface area contributed by atoms with E-state index in [1.807, 2.05) is 66.7 Å². The number of para-hydroxylation sites is 4. The molecule has 0 radical (unpaired) electrons. The van der Waals surface area contributed by atoms with E-state index in [0.29, 0.717) is 16.9 Å². The number of nitrogens with zero attached hydrogens (tertiary/aromatic N) is 5. The summed E-state index contributed by atoms with van der Waals surface area (Å²) < 4.78 is 4.42. The largest absolute Gasteiger partial charge is 0.319 e. The Hall–Kier alpha value is -7.39. The molecule has 0 fully saturated rings. The Balaban J connectivity index is 1.31. The minimum Gasteiger partial charge on any atom is -0.319 e. The average molecular weight is 636 g/mol. The van der Waals surface area contributed by atoms with E-state index in [0.717, 1.165) is 66.5 Å². The lowest BCUT2D eigenvalue weighted by molar-refractivity contribution is 1.18. The molecule has 9 aromatic rings. The fourth-order valence-electron chi connectivity index (χ4n) is 7.51. The molecular formula is C45H25N5. The third-order valence-electron chi connectivity index (χ3n) is 9.59. The molecule has 0 aliphatic heterocycles. The minimum absolute atomic E-state index is 0.540. The second-order valence-electron chi connectivity index (χ2n) is 12.2. The molecule has 0 saturated carbocycles. The van der Waals surface area contributed by atoms with Gasteiger partial charge in [0.1, 0.15) is 0 Å². The van der Waals surface area contributed by atoms with Crippen LogP contribution in [0.25, 0.3) is 86.9 Å². The lowest BCUT2D eigenvalue weighted by Gasteiger charge is -2.19. The first-order valence-corrected chi connectivity index (χ1v) is 16.2. The molecule has 2 heterocycles. The van der Waals surface area contributed by atoms with Crippen LogP contribution in [-0.2, 0) is 0 Å². The van der Waals surface area contributed by atoms with Gasteiger partial charge in [-0.05, 0) is 76.2 Å². The molecule has 0 unspecified atom stereocenters. The van der Waals surface area contributed by atoms with Crippen molar-refractivity contribution >= 4 is 55.0 Å². The minimum atomic E-state index is 0.540. The highest BCUT2D eigenvalue weighted by atomic mass is 15.0. The Morgan fingerprint density at radius 2 is 1.12 bits per heavy atom. The summed E-state index contributed by atoms with van der Waals surface area (Å²) in [7, 11) is 0. The summed E-state index contributed by atoms with van der Waals surface area (Å²) in [5.41, 5.74) is 11.2. The maximum Gasteiger partial charge on any atom is 0.211 e. The highest BCUT2D eigenvalue weighted by molar-refractivity contribution is 6.14. The molecule has 50 heavy (non-hydrogen) atoms. The number of aromatic nitrogens is 2. The van der Waals surface area contributed by atoms with Crippen molar-refractivity contribution in [1.82, 2.24) is 9.13 Å². The molecule has 0 saturated heterocycles. The number of hydrogen-bond donors (Lipinski definition) is 0. The number of fused-ring (bicyclic) bond motifs is 6. The van der Waals surface area contributed by atoms with Gasteiger partial charge in [0.15, 0.2) is 5.69 Å². The van der Waals surface area contributed by atoms with Crippen molar-refractivity contribution in [3.63, 3.8) is 0 Å². The van der Waals surface area contributed by atoms with Gasteiger partial charge in [0.05, 0.1) is 52.5 Å². The Morgan fingerprint density at radius 1 is 0.500 bits per heavy atom. The van der Waals surface area contributed by atoms with Gasteiger partial charge in [-0.1, -0.05) is 103 Å². The standard InChI is InChI=1S/C45H25N5/c1-47-38-19-10-17-32(44(38)36-16-5-8-23-42(36)50-40-21-6-3-14-33(40)34-15-4-7-22-41(34)50)30-12-9-13-31(27-30)49-43-25-24-29(28-46)26-37(43)35-18-11-20-39(48-2)45(35)49/h3-27H. The van der Waals surface area contributed by atoms with Gasteiger partial charge in [-0.25, -0.2) is 9.69 Å². The number of benzene rings is 7. The van der Waals surface area contributed by atoms with Crippen LogP contribution in [0, 0.1) is 24.5 Å². The summed E-state index contributed by atoms with van der Waals surface area (Å²) in [6.07, 6.45) is 0. The van der Waals surface area contributed by atoms with Crippen molar-refractivity contribution in [2.75, 3.05) is 0 Å². The summed E-state index contributed by atoms with van der Waals surface area (Å²) in [6.45, 7) is 16.3. The molecule has 7 aromatic carbocycles. The summed E-state index contributed by atoms with van der Waals surface area (Å²) in [5.74, 6) is 0. The number of nitriles is 1. The maximum absolute atomic E-state index is 9.68. The second kappa shape index (κ2) is 11.4. The molecule has 230 valence electrons. The first kappa shape index (κ1) is 28.8. The molecule has 0 aliphatic rings. The highest BCUT2D eigenvalue weighted by Crippen LogP contribution is 2.45. The third kappa shape index (κ3) is 4.24. The van der Waals surface area contributed by atoms with E-state index < -0.39 is 0 Å². The van der Waals surface area contributed by atoms with Crippen LogP contribution >= 0.6 is 0 Å². The molecule has 0 aliphatic carbocycles. The summed E-state index contributed by atoms with van der Waals surface area (Å²) in [5, 5.41) is 13.9. The smallest absolute Gasteiger partial charge is 0.211 e. The molecule has 2 aromatic heterocycles. The van der Waals surface area contributed by atoms with Crippen molar-refractivity contribution in [2.24, 2.45) is 0 Å². The molecular weight excluding hydrogens is 611 g/mol. The molecule has 0 amide bonds. The zero-order chi connectivity index (χ0) is 33.8. The fraction of sp³-hybridized carbons (Fsp3) is 0.